The molecule has 0 saturated heterocycles. The molecule has 0 radical (unpaired) electrons. The van der Waals surface area contributed by atoms with Crippen LogP contribution in [0.15, 0.2) is 24.3 Å². The smallest absolute Gasteiger partial charge is 0.222 e. The molecule has 0 unspecified atom stereocenters. The minimum absolute atomic E-state index is 0.164. The molecule has 3 heteroatoms. The summed E-state index contributed by atoms with van der Waals surface area (Å²) in [4.78, 5) is 13.9. The van der Waals surface area contributed by atoms with Crippen molar-refractivity contribution >= 4 is 5.91 Å². The average Bonchev–Trinajstić information content (AvgIpc) is 2.38. The Hall–Kier alpha value is -1.35. The van der Waals surface area contributed by atoms with Gasteiger partial charge in [-0.05, 0) is 37.8 Å². The highest BCUT2D eigenvalue weighted by atomic mass is 16.3. The number of nitrogens with zero attached hydrogens (tertiary/aromatic N) is 1. The van der Waals surface area contributed by atoms with E-state index in [1.54, 1.807) is 0 Å². The van der Waals surface area contributed by atoms with Gasteiger partial charge in [0, 0.05) is 26.1 Å². The maximum atomic E-state index is 12.0. The summed E-state index contributed by atoms with van der Waals surface area (Å²) < 4.78 is 0. The molecule has 0 fully saturated rings. The summed E-state index contributed by atoms with van der Waals surface area (Å²) in [5.41, 5.74) is 2.42. The van der Waals surface area contributed by atoms with Crippen molar-refractivity contribution in [2.75, 3.05) is 13.2 Å². The van der Waals surface area contributed by atoms with Crippen molar-refractivity contribution in [2.24, 2.45) is 0 Å². The fourth-order valence-electron chi connectivity index (χ4n) is 1.92. The SMILES string of the molecule is CCN(Cc1ccccc1C)C(=O)CCCCO. The number of amides is 1. The van der Waals surface area contributed by atoms with E-state index >= 15 is 0 Å². The molecule has 0 spiro atoms. The molecule has 0 aliphatic rings. The third kappa shape index (κ3) is 4.49. The van der Waals surface area contributed by atoms with Crippen LogP contribution in [-0.2, 0) is 11.3 Å². The Morgan fingerprint density at radius 3 is 2.61 bits per heavy atom. The molecule has 0 saturated carbocycles. The van der Waals surface area contributed by atoms with Crippen LogP contribution in [0.5, 0.6) is 0 Å². The van der Waals surface area contributed by atoms with E-state index in [9.17, 15) is 4.79 Å². The number of aryl methyl sites for hydroxylation is 1. The van der Waals surface area contributed by atoms with E-state index in [1.807, 2.05) is 24.0 Å². The zero-order valence-corrected chi connectivity index (χ0v) is 11.4. The molecule has 3 nitrogen and oxygen atoms in total. The van der Waals surface area contributed by atoms with E-state index in [0.717, 1.165) is 13.0 Å². The monoisotopic (exact) mass is 249 g/mol. The molecule has 1 amide bonds. The van der Waals surface area contributed by atoms with Crippen molar-refractivity contribution in [3.63, 3.8) is 0 Å². The van der Waals surface area contributed by atoms with E-state index in [0.29, 0.717) is 19.4 Å². The van der Waals surface area contributed by atoms with E-state index < -0.39 is 0 Å². The highest BCUT2D eigenvalue weighted by molar-refractivity contribution is 5.76. The van der Waals surface area contributed by atoms with Gasteiger partial charge in [-0.2, -0.15) is 0 Å². The number of hydrogen-bond donors (Lipinski definition) is 1. The van der Waals surface area contributed by atoms with E-state index in [1.165, 1.54) is 11.1 Å². The number of unbranched alkanes of at least 4 members (excludes halogenated alkanes) is 1. The van der Waals surface area contributed by atoms with Crippen LogP contribution in [0, 0.1) is 6.92 Å². The third-order valence-electron chi connectivity index (χ3n) is 3.16. The van der Waals surface area contributed by atoms with Gasteiger partial charge in [-0.1, -0.05) is 24.3 Å². The Bertz CT molecular complexity index is 377. The number of hydrogen-bond acceptors (Lipinski definition) is 2. The first-order valence-corrected chi connectivity index (χ1v) is 6.62. The Labute approximate surface area is 109 Å². The minimum Gasteiger partial charge on any atom is -0.396 e. The number of carbonyl (C=O) groups excluding carboxylic acids is 1. The van der Waals surface area contributed by atoms with Gasteiger partial charge in [-0.15, -0.1) is 0 Å². The molecule has 1 rings (SSSR count). The van der Waals surface area contributed by atoms with Crippen molar-refractivity contribution in [1.82, 2.24) is 4.90 Å². The summed E-state index contributed by atoms with van der Waals surface area (Å²) >= 11 is 0. The van der Waals surface area contributed by atoms with E-state index in [2.05, 4.69) is 19.1 Å². The maximum absolute atomic E-state index is 12.0. The van der Waals surface area contributed by atoms with Crippen LogP contribution in [0.2, 0.25) is 0 Å². The van der Waals surface area contributed by atoms with E-state index in [-0.39, 0.29) is 12.5 Å². The van der Waals surface area contributed by atoms with Crippen LogP contribution in [0.3, 0.4) is 0 Å². The Morgan fingerprint density at radius 2 is 2.00 bits per heavy atom. The van der Waals surface area contributed by atoms with Crippen molar-refractivity contribution in [1.29, 1.82) is 0 Å². The normalized spacial score (nSPS) is 10.4. The van der Waals surface area contributed by atoms with Gasteiger partial charge in [0.15, 0.2) is 0 Å². The lowest BCUT2D eigenvalue weighted by molar-refractivity contribution is -0.131. The third-order valence-corrected chi connectivity index (χ3v) is 3.16. The number of benzene rings is 1. The standard InChI is InChI=1S/C15H23NO2/c1-3-16(15(18)10-6-7-11-17)12-14-9-5-4-8-13(14)2/h4-5,8-9,17H,3,6-7,10-12H2,1-2H3. The van der Waals surface area contributed by atoms with Gasteiger partial charge in [-0.25, -0.2) is 0 Å². The molecule has 1 aromatic carbocycles. The molecule has 0 aromatic heterocycles. The van der Waals surface area contributed by atoms with Crippen molar-refractivity contribution in [3.8, 4) is 0 Å². The fraction of sp³-hybridized carbons (Fsp3) is 0.533. The van der Waals surface area contributed by atoms with Crippen LogP contribution in [0.25, 0.3) is 0 Å². The predicted octanol–water partition coefficient (Wildman–Crippen LogP) is 2.51. The van der Waals surface area contributed by atoms with Gasteiger partial charge in [0.2, 0.25) is 5.91 Å². The lowest BCUT2D eigenvalue weighted by atomic mass is 10.1. The summed E-state index contributed by atoms with van der Waals surface area (Å²) in [6, 6.07) is 8.16. The Morgan fingerprint density at radius 1 is 1.28 bits per heavy atom. The van der Waals surface area contributed by atoms with Gasteiger partial charge in [0.05, 0.1) is 0 Å². The van der Waals surface area contributed by atoms with Gasteiger partial charge < -0.3 is 10.0 Å². The first-order chi connectivity index (χ1) is 8.69. The molecule has 100 valence electrons. The summed E-state index contributed by atoms with van der Waals surface area (Å²) in [6.07, 6.45) is 1.99. The number of carbonyl (C=O) groups is 1. The van der Waals surface area contributed by atoms with E-state index in [4.69, 9.17) is 5.11 Å². The Kier molecular flexibility index (Phi) is 6.44. The molecule has 1 N–H and O–H groups in total. The maximum Gasteiger partial charge on any atom is 0.222 e. The topological polar surface area (TPSA) is 40.5 Å². The molecule has 0 atom stereocenters. The molecule has 0 aliphatic heterocycles. The fourth-order valence-corrected chi connectivity index (χ4v) is 1.92. The number of rotatable bonds is 7. The second-order valence-corrected chi connectivity index (χ2v) is 4.52. The van der Waals surface area contributed by atoms with Crippen LogP contribution in [0.4, 0.5) is 0 Å². The molecule has 1 aromatic rings. The van der Waals surface area contributed by atoms with Gasteiger partial charge in [-0.3, -0.25) is 4.79 Å². The quantitative estimate of drug-likeness (QED) is 0.754. The second-order valence-electron chi connectivity index (χ2n) is 4.52. The van der Waals surface area contributed by atoms with Crippen LogP contribution in [0.1, 0.15) is 37.3 Å². The largest absolute Gasteiger partial charge is 0.396 e. The molecular weight excluding hydrogens is 226 g/mol. The van der Waals surface area contributed by atoms with Crippen LogP contribution >= 0.6 is 0 Å². The van der Waals surface area contributed by atoms with Crippen LogP contribution in [-0.4, -0.2) is 29.1 Å². The van der Waals surface area contributed by atoms with Crippen LogP contribution < -0.4 is 0 Å². The zero-order chi connectivity index (χ0) is 13.4. The lowest BCUT2D eigenvalue weighted by Crippen LogP contribution is -2.30. The van der Waals surface area contributed by atoms with Gasteiger partial charge in [0.1, 0.15) is 0 Å². The summed E-state index contributed by atoms with van der Waals surface area (Å²) in [7, 11) is 0. The summed E-state index contributed by atoms with van der Waals surface area (Å²) in [5, 5.41) is 8.72. The molecule has 18 heavy (non-hydrogen) atoms. The average molecular weight is 249 g/mol. The number of aliphatic hydroxyl groups is 1. The minimum atomic E-state index is 0.164. The molecular formula is C15H23NO2. The number of aliphatic hydroxyl groups excluding tert-OH is 1. The summed E-state index contributed by atoms with van der Waals surface area (Å²) in [5.74, 6) is 0.175. The molecule has 0 bridgehead atoms. The van der Waals surface area contributed by atoms with Gasteiger partial charge in [0.25, 0.3) is 0 Å². The predicted molar refractivity (Wildman–Crippen MR) is 73.2 cm³/mol. The molecule has 0 heterocycles. The van der Waals surface area contributed by atoms with Crippen molar-refractivity contribution in [2.45, 2.75) is 39.7 Å². The first kappa shape index (κ1) is 14.7. The first-order valence-electron chi connectivity index (χ1n) is 6.62. The zero-order valence-electron chi connectivity index (χ0n) is 11.4. The second kappa shape index (κ2) is 7.88. The highest BCUT2D eigenvalue weighted by Gasteiger charge is 2.12. The lowest BCUT2D eigenvalue weighted by Gasteiger charge is -2.22. The highest BCUT2D eigenvalue weighted by Crippen LogP contribution is 2.12. The van der Waals surface area contributed by atoms with Crippen molar-refractivity contribution in [3.05, 3.63) is 35.4 Å². The molecule has 0 aliphatic carbocycles. The Balaban J connectivity index is 2.56. The van der Waals surface area contributed by atoms with Crippen molar-refractivity contribution < 1.29 is 9.90 Å². The van der Waals surface area contributed by atoms with Gasteiger partial charge >= 0.3 is 0 Å². The summed E-state index contributed by atoms with van der Waals surface area (Å²) in [6.45, 7) is 5.65.